The average molecular weight is 974 g/mol. The molecule has 0 aromatic carbocycles. The Hall–Kier alpha value is -1.36. The summed E-state index contributed by atoms with van der Waals surface area (Å²) in [4.78, 5) is 24.6. The highest BCUT2D eigenvalue weighted by Crippen LogP contribution is 2.19. The van der Waals surface area contributed by atoms with Gasteiger partial charge < -0.3 is 14.6 Å². The fourth-order valence-electron chi connectivity index (χ4n) is 10.0. The minimum atomic E-state index is -0.766. The molecule has 0 saturated heterocycles. The number of hydrogen-bond acceptors (Lipinski definition) is 5. The Bertz CT molecular complexity index is 1010. The third-order valence-corrected chi connectivity index (χ3v) is 14.8. The van der Waals surface area contributed by atoms with Crippen LogP contribution in [-0.2, 0) is 19.1 Å². The number of aliphatic hydroxyl groups excluding tert-OH is 1. The minimum Gasteiger partial charge on any atom is -0.462 e. The van der Waals surface area contributed by atoms with Crippen molar-refractivity contribution in [3.63, 3.8) is 0 Å². The van der Waals surface area contributed by atoms with Gasteiger partial charge in [-0.15, -0.1) is 0 Å². The number of aliphatic hydroxyl groups is 1. The van der Waals surface area contributed by atoms with Crippen LogP contribution in [0.5, 0.6) is 0 Å². The van der Waals surface area contributed by atoms with Crippen LogP contribution in [-0.4, -0.2) is 36.4 Å². The highest BCUT2D eigenvalue weighted by molar-refractivity contribution is 5.70. The van der Waals surface area contributed by atoms with E-state index in [2.05, 4.69) is 26.0 Å². The van der Waals surface area contributed by atoms with E-state index in [0.29, 0.717) is 12.8 Å². The first-order chi connectivity index (χ1) is 34.1. The van der Waals surface area contributed by atoms with Crippen LogP contribution < -0.4 is 0 Å². The van der Waals surface area contributed by atoms with E-state index in [0.717, 1.165) is 32.1 Å². The second-order valence-corrected chi connectivity index (χ2v) is 21.9. The van der Waals surface area contributed by atoms with Crippen molar-refractivity contribution in [1.82, 2.24) is 0 Å². The normalized spacial score (nSPS) is 12.1. The number of hydrogen-bond donors (Lipinski definition) is 1. The fraction of sp³-hybridized carbons (Fsp3) is 0.938. The Morgan fingerprint density at radius 3 is 0.783 bits per heavy atom. The van der Waals surface area contributed by atoms with Gasteiger partial charge in [-0.25, -0.2) is 0 Å². The Balaban J connectivity index is 3.36. The van der Waals surface area contributed by atoms with Crippen LogP contribution in [0.15, 0.2) is 12.2 Å². The maximum atomic E-state index is 12.3. The molecule has 0 aromatic rings. The summed E-state index contributed by atoms with van der Waals surface area (Å²) in [5.74, 6) is -0.564. The largest absolute Gasteiger partial charge is 0.462 e. The maximum absolute atomic E-state index is 12.3. The van der Waals surface area contributed by atoms with Gasteiger partial charge in [0, 0.05) is 12.8 Å². The molecule has 1 unspecified atom stereocenters. The molecule has 0 spiro atoms. The number of ether oxygens (including phenoxy) is 2. The molecular formula is C64H124O5. The Morgan fingerprint density at radius 2 is 0.536 bits per heavy atom. The van der Waals surface area contributed by atoms with Gasteiger partial charge in [-0.1, -0.05) is 328 Å². The van der Waals surface area contributed by atoms with Gasteiger partial charge in [0.15, 0.2) is 6.10 Å². The molecule has 5 heteroatoms. The average Bonchev–Trinajstić information content (AvgIpc) is 3.35. The molecule has 5 nitrogen and oxygen atoms in total. The van der Waals surface area contributed by atoms with Crippen LogP contribution in [0.1, 0.15) is 367 Å². The van der Waals surface area contributed by atoms with E-state index in [-0.39, 0.29) is 25.2 Å². The van der Waals surface area contributed by atoms with E-state index < -0.39 is 6.10 Å². The van der Waals surface area contributed by atoms with Gasteiger partial charge in [-0.05, 0) is 38.5 Å². The molecule has 0 saturated carbocycles. The van der Waals surface area contributed by atoms with Gasteiger partial charge in [-0.2, -0.15) is 0 Å². The smallest absolute Gasteiger partial charge is 0.306 e. The summed E-state index contributed by atoms with van der Waals surface area (Å²) in [6, 6.07) is 0. The molecule has 0 rings (SSSR count). The molecule has 0 radical (unpaired) electrons. The predicted molar refractivity (Wildman–Crippen MR) is 302 cm³/mol. The number of unbranched alkanes of at least 4 members (excludes halogenated alkanes) is 50. The summed E-state index contributed by atoms with van der Waals surface area (Å²) in [5, 5.41) is 9.67. The Morgan fingerprint density at radius 1 is 0.319 bits per heavy atom. The first-order valence-electron chi connectivity index (χ1n) is 31.7. The van der Waals surface area contributed by atoms with E-state index >= 15 is 0 Å². The maximum Gasteiger partial charge on any atom is 0.306 e. The second kappa shape index (κ2) is 60.9. The summed E-state index contributed by atoms with van der Waals surface area (Å²) in [7, 11) is 0. The molecule has 1 atom stereocenters. The topological polar surface area (TPSA) is 72.8 Å². The first-order valence-corrected chi connectivity index (χ1v) is 31.7. The van der Waals surface area contributed by atoms with Crippen LogP contribution in [0.25, 0.3) is 0 Å². The lowest BCUT2D eigenvalue weighted by molar-refractivity contribution is -0.161. The zero-order valence-electron chi connectivity index (χ0n) is 47.1. The first kappa shape index (κ1) is 67.6. The van der Waals surface area contributed by atoms with Gasteiger partial charge in [0.2, 0.25) is 0 Å². The lowest BCUT2D eigenvalue weighted by atomic mass is 10.0. The second-order valence-electron chi connectivity index (χ2n) is 21.9. The minimum absolute atomic E-state index is 0.0567. The third kappa shape index (κ3) is 59.1. The zero-order valence-corrected chi connectivity index (χ0v) is 47.1. The van der Waals surface area contributed by atoms with Gasteiger partial charge in [0.25, 0.3) is 0 Å². The molecule has 0 bridgehead atoms. The third-order valence-electron chi connectivity index (χ3n) is 14.8. The van der Waals surface area contributed by atoms with Crippen LogP contribution in [0.2, 0.25) is 0 Å². The van der Waals surface area contributed by atoms with E-state index in [9.17, 15) is 14.7 Å². The molecule has 410 valence electrons. The van der Waals surface area contributed by atoms with Crippen LogP contribution in [0, 0.1) is 0 Å². The van der Waals surface area contributed by atoms with Crippen molar-refractivity contribution < 1.29 is 24.2 Å². The van der Waals surface area contributed by atoms with Crippen LogP contribution >= 0.6 is 0 Å². The lowest BCUT2D eigenvalue weighted by Gasteiger charge is -2.15. The molecule has 1 N–H and O–H groups in total. The molecule has 0 amide bonds. The highest BCUT2D eigenvalue weighted by Gasteiger charge is 2.16. The zero-order chi connectivity index (χ0) is 49.9. The number of carbonyl (C=O) groups is 2. The number of esters is 2. The van der Waals surface area contributed by atoms with E-state index in [4.69, 9.17) is 9.47 Å². The van der Waals surface area contributed by atoms with Crippen molar-refractivity contribution >= 4 is 11.9 Å². The summed E-state index contributed by atoms with van der Waals surface area (Å²) < 4.78 is 10.7. The lowest BCUT2D eigenvalue weighted by Crippen LogP contribution is -2.28. The van der Waals surface area contributed by atoms with Crippen molar-refractivity contribution in [3.8, 4) is 0 Å². The Kier molecular flexibility index (Phi) is 59.7. The number of allylic oxidation sites excluding steroid dienone is 2. The van der Waals surface area contributed by atoms with Crippen molar-refractivity contribution in [2.24, 2.45) is 0 Å². The highest BCUT2D eigenvalue weighted by atomic mass is 16.6. The molecular weight excluding hydrogens is 849 g/mol. The quantitative estimate of drug-likeness (QED) is 0.0373. The monoisotopic (exact) mass is 973 g/mol. The molecule has 69 heavy (non-hydrogen) atoms. The van der Waals surface area contributed by atoms with Crippen molar-refractivity contribution in [3.05, 3.63) is 12.2 Å². The standard InChI is InChI=1S/C64H124O5/c1-3-5-7-9-11-13-15-17-19-21-23-25-26-27-28-29-30-31-32-33-34-35-36-37-38-39-41-43-45-47-49-51-53-55-57-59-64(67)69-62(60-65)61-68-63(66)58-56-54-52-50-48-46-44-42-40-24-22-20-18-16-14-12-10-8-6-4-2/h21,23,62,65H,3-20,22,24-61H2,1-2H3/b23-21-. The molecule has 0 aromatic heterocycles. The number of carbonyl (C=O) groups excluding carboxylic acids is 2. The Labute approximate surface area is 432 Å². The SMILES string of the molecule is CCCCCCCCCC/C=C\CCCCCCCCCCCCCCCCCCCCCCCCCC(=O)OC(CO)COC(=O)CCCCCCCCCCCCCCCCCCCCCC. The molecule has 0 aliphatic rings. The van der Waals surface area contributed by atoms with Gasteiger partial charge >= 0.3 is 11.9 Å². The van der Waals surface area contributed by atoms with Crippen molar-refractivity contribution in [2.75, 3.05) is 13.2 Å². The summed E-state index contributed by atoms with van der Waals surface area (Å²) in [6.45, 7) is 4.21. The molecule has 0 fully saturated rings. The van der Waals surface area contributed by atoms with E-state index in [1.165, 1.54) is 308 Å². The molecule has 0 aliphatic carbocycles. The van der Waals surface area contributed by atoms with Crippen molar-refractivity contribution in [1.29, 1.82) is 0 Å². The van der Waals surface area contributed by atoms with Crippen molar-refractivity contribution in [2.45, 2.75) is 373 Å². The van der Waals surface area contributed by atoms with E-state index in [1.807, 2.05) is 0 Å². The predicted octanol–water partition coefficient (Wildman–Crippen LogP) is 21.5. The van der Waals surface area contributed by atoms with Gasteiger partial charge in [-0.3, -0.25) is 9.59 Å². The van der Waals surface area contributed by atoms with Gasteiger partial charge in [0.05, 0.1) is 6.61 Å². The molecule has 0 heterocycles. The summed E-state index contributed by atoms with van der Waals surface area (Å²) in [6.07, 6.45) is 76.6. The summed E-state index contributed by atoms with van der Waals surface area (Å²) in [5.41, 5.74) is 0. The van der Waals surface area contributed by atoms with Crippen LogP contribution in [0.3, 0.4) is 0 Å². The van der Waals surface area contributed by atoms with Gasteiger partial charge in [0.1, 0.15) is 6.61 Å². The fourth-order valence-corrected chi connectivity index (χ4v) is 10.0. The summed E-state index contributed by atoms with van der Waals surface area (Å²) >= 11 is 0. The van der Waals surface area contributed by atoms with E-state index in [1.54, 1.807) is 0 Å². The number of rotatable bonds is 60. The van der Waals surface area contributed by atoms with Crippen LogP contribution in [0.4, 0.5) is 0 Å². The molecule has 0 aliphatic heterocycles.